The Kier molecular flexibility index (Phi) is 5.83. The second kappa shape index (κ2) is 8.53. The number of benzene rings is 1. The van der Waals surface area contributed by atoms with Crippen LogP contribution in [0.5, 0.6) is 0 Å². The molecule has 1 amide bonds. The number of carbonyl (C=O) groups excluding carboxylic acids is 1. The first-order valence-electron chi connectivity index (χ1n) is 9.85. The van der Waals surface area contributed by atoms with Crippen molar-refractivity contribution < 1.29 is 9.53 Å². The van der Waals surface area contributed by atoms with Crippen molar-refractivity contribution in [3.05, 3.63) is 47.8 Å². The zero-order valence-electron chi connectivity index (χ0n) is 17.3. The van der Waals surface area contributed by atoms with Crippen molar-refractivity contribution in [1.29, 1.82) is 0 Å². The molecular weight excluding hydrogens is 447 g/mol. The number of carbonyl (C=O) groups is 1. The van der Waals surface area contributed by atoms with Crippen LogP contribution in [0.25, 0.3) is 0 Å². The van der Waals surface area contributed by atoms with Crippen LogP contribution in [0.1, 0.15) is 51.2 Å². The SMILES string of the molecule is CC(=O)N1N=C(c2cnn(C3N=CC=N3)c2C(C)C)OC1C(C)[Se]c1ccccc1. The number of rotatable bonds is 6. The molecular formula is C21H24N6O2Se. The van der Waals surface area contributed by atoms with E-state index in [1.807, 2.05) is 18.2 Å². The zero-order chi connectivity index (χ0) is 21.3. The molecule has 2 atom stereocenters. The molecule has 3 heterocycles. The second-order valence-electron chi connectivity index (χ2n) is 7.40. The summed E-state index contributed by atoms with van der Waals surface area (Å²) in [6.45, 7) is 7.77. The van der Waals surface area contributed by atoms with Gasteiger partial charge in [-0.25, -0.2) is 0 Å². The van der Waals surface area contributed by atoms with E-state index in [1.165, 1.54) is 16.4 Å². The average Bonchev–Trinajstić information content (AvgIpc) is 3.45. The summed E-state index contributed by atoms with van der Waals surface area (Å²) in [5, 5.41) is 10.5. The minimum absolute atomic E-state index is 0.117. The average molecular weight is 471 g/mol. The number of nitrogens with zero attached hydrogens (tertiary/aromatic N) is 6. The number of hydrogen-bond donors (Lipinski definition) is 0. The maximum absolute atomic E-state index is 12.3. The molecule has 0 N–H and O–H groups in total. The number of hydrogen-bond acceptors (Lipinski definition) is 6. The van der Waals surface area contributed by atoms with Gasteiger partial charge in [0.05, 0.1) is 0 Å². The fourth-order valence-corrected chi connectivity index (χ4v) is 5.63. The van der Waals surface area contributed by atoms with E-state index in [4.69, 9.17) is 4.74 Å². The quantitative estimate of drug-likeness (QED) is 0.607. The molecule has 0 fully saturated rings. The van der Waals surface area contributed by atoms with E-state index in [9.17, 15) is 4.79 Å². The molecule has 2 aliphatic rings. The molecule has 0 saturated heterocycles. The molecule has 0 saturated carbocycles. The van der Waals surface area contributed by atoms with Gasteiger partial charge in [0.1, 0.15) is 0 Å². The fraction of sp³-hybridized carbons (Fsp3) is 0.381. The van der Waals surface area contributed by atoms with Gasteiger partial charge in [-0.15, -0.1) is 0 Å². The van der Waals surface area contributed by atoms with E-state index in [0.29, 0.717) is 5.90 Å². The van der Waals surface area contributed by atoms with E-state index in [1.54, 1.807) is 23.3 Å². The van der Waals surface area contributed by atoms with Gasteiger partial charge in [0, 0.05) is 0 Å². The molecule has 4 rings (SSSR count). The van der Waals surface area contributed by atoms with Crippen LogP contribution in [0.4, 0.5) is 0 Å². The summed E-state index contributed by atoms with van der Waals surface area (Å²) in [7, 11) is 0. The topological polar surface area (TPSA) is 84.4 Å². The first kappa shape index (κ1) is 20.5. The molecule has 30 heavy (non-hydrogen) atoms. The standard InChI is InChI=1S/C21H24N6O2Se/c1-13(2)18-17(12-24-27(18)21-22-10-11-23-21)19-25-26(15(4)28)20(29-19)14(3)30-16-8-6-5-7-9-16/h5-14,20-21H,1-4H3. The first-order valence-corrected chi connectivity index (χ1v) is 11.7. The summed E-state index contributed by atoms with van der Waals surface area (Å²) in [5.74, 6) is 0.427. The van der Waals surface area contributed by atoms with Crippen molar-refractivity contribution in [3.8, 4) is 0 Å². The summed E-state index contributed by atoms with van der Waals surface area (Å²) < 4.78 is 9.30. The fourth-order valence-electron chi connectivity index (χ4n) is 3.47. The molecule has 0 spiro atoms. The van der Waals surface area contributed by atoms with Crippen LogP contribution in [0.15, 0.2) is 51.6 Å². The van der Waals surface area contributed by atoms with Gasteiger partial charge in [0.2, 0.25) is 0 Å². The van der Waals surface area contributed by atoms with E-state index in [0.717, 1.165) is 11.3 Å². The summed E-state index contributed by atoms with van der Waals surface area (Å²) >= 11 is 0.128. The molecule has 1 aromatic carbocycles. The number of hydrazone groups is 1. The van der Waals surface area contributed by atoms with E-state index >= 15 is 0 Å². The van der Waals surface area contributed by atoms with Crippen LogP contribution in [-0.4, -0.2) is 60.2 Å². The third kappa shape index (κ3) is 3.95. The first-order chi connectivity index (χ1) is 14.5. The molecule has 0 radical (unpaired) electrons. The maximum atomic E-state index is 12.3. The van der Waals surface area contributed by atoms with Crippen molar-refractivity contribution in [2.24, 2.45) is 15.1 Å². The summed E-state index contributed by atoms with van der Waals surface area (Å²) in [6.07, 6.45) is 4.22. The molecule has 0 bridgehead atoms. The predicted octanol–water partition coefficient (Wildman–Crippen LogP) is 2.32. The number of amides is 1. The van der Waals surface area contributed by atoms with Gasteiger partial charge in [0.25, 0.3) is 0 Å². The Morgan fingerprint density at radius 1 is 1.13 bits per heavy atom. The number of aromatic nitrogens is 2. The van der Waals surface area contributed by atoms with Crippen LogP contribution in [0.3, 0.4) is 0 Å². The molecule has 1 aromatic heterocycles. The Balaban J connectivity index is 1.62. The van der Waals surface area contributed by atoms with Crippen LogP contribution >= 0.6 is 0 Å². The van der Waals surface area contributed by atoms with E-state index in [-0.39, 0.29) is 31.6 Å². The predicted molar refractivity (Wildman–Crippen MR) is 118 cm³/mol. The molecule has 8 nitrogen and oxygen atoms in total. The normalized spacial score (nSPS) is 19.4. The number of aliphatic imine (C=N–C) groups is 2. The van der Waals surface area contributed by atoms with Gasteiger partial charge < -0.3 is 0 Å². The van der Waals surface area contributed by atoms with Crippen molar-refractivity contribution in [1.82, 2.24) is 14.8 Å². The molecule has 156 valence electrons. The Labute approximate surface area is 181 Å². The van der Waals surface area contributed by atoms with Gasteiger partial charge in [-0.1, -0.05) is 0 Å². The van der Waals surface area contributed by atoms with Gasteiger partial charge >= 0.3 is 182 Å². The van der Waals surface area contributed by atoms with Crippen LogP contribution in [-0.2, 0) is 9.53 Å². The zero-order valence-corrected chi connectivity index (χ0v) is 19.0. The molecule has 9 heteroatoms. The summed E-state index contributed by atoms with van der Waals surface area (Å²) in [6, 6.07) is 10.3. The Morgan fingerprint density at radius 3 is 2.47 bits per heavy atom. The van der Waals surface area contributed by atoms with Crippen LogP contribution in [0, 0.1) is 0 Å². The van der Waals surface area contributed by atoms with Gasteiger partial charge in [-0.2, -0.15) is 0 Å². The Hall–Kier alpha value is -2.77. The number of ether oxygens (including phenoxy) is 1. The van der Waals surface area contributed by atoms with Crippen molar-refractivity contribution in [3.63, 3.8) is 0 Å². The molecule has 2 aliphatic heterocycles. The third-order valence-electron chi connectivity index (χ3n) is 4.80. The van der Waals surface area contributed by atoms with Crippen molar-refractivity contribution in [2.45, 2.75) is 50.9 Å². The van der Waals surface area contributed by atoms with Crippen molar-refractivity contribution in [2.75, 3.05) is 0 Å². The van der Waals surface area contributed by atoms with E-state index < -0.39 is 12.5 Å². The third-order valence-corrected chi connectivity index (χ3v) is 7.21. The van der Waals surface area contributed by atoms with E-state index in [2.05, 4.69) is 53.1 Å². The second-order valence-corrected chi connectivity index (χ2v) is 10.4. The summed E-state index contributed by atoms with van der Waals surface area (Å²) in [5.41, 5.74) is 1.70. The molecule has 2 aromatic rings. The summed E-state index contributed by atoms with van der Waals surface area (Å²) in [4.78, 5) is 21.1. The monoisotopic (exact) mass is 472 g/mol. The minimum atomic E-state index is -0.441. The Bertz CT molecular complexity index is 1000. The van der Waals surface area contributed by atoms with Crippen molar-refractivity contribution >= 4 is 43.7 Å². The van der Waals surface area contributed by atoms with Gasteiger partial charge in [0.15, 0.2) is 0 Å². The van der Waals surface area contributed by atoms with Gasteiger partial charge in [-0.3, -0.25) is 0 Å². The molecule has 0 aliphatic carbocycles. The molecule has 2 unspecified atom stereocenters. The van der Waals surface area contributed by atoms with Crippen LogP contribution < -0.4 is 4.46 Å². The van der Waals surface area contributed by atoms with Gasteiger partial charge in [-0.05, 0) is 0 Å². The Morgan fingerprint density at radius 2 is 1.83 bits per heavy atom. The van der Waals surface area contributed by atoms with Crippen LogP contribution in [0.2, 0.25) is 4.82 Å².